The Morgan fingerprint density at radius 3 is 2.41 bits per heavy atom. The molecule has 0 aliphatic carbocycles. The van der Waals surface area contributed by atoms with Crippen LogP contribution >= 0.6 is 0 Å². The molecule has 0 heterocycles. The molecular weight excluding hydrogens is 304 g/mol. The number of benzene rings is 1. The van der Waals surface area contributed by atoms with E-state index in [1.807, 2.05) is 0 Å². The predicted molar refractivity (Wildman–Crippen MR) is 89.1 cm³/mol. The highest BCUT2D eigenvalue weighted by Gasteiger charge is 2.16. The molecule has 0 saturated heterocycles. The lowest BCUT2D eigenvalue weighted by atomic mass is 10.2. The van der Waals surface area contributed by atoms with E-state index in [-0.39, 0.29) is 11.8 Å². The molecule has 0 fully saturated rings. The second-order valence-corrected chi connectivity index (χ2v) is 8.53. The summed E-state index contributed by atoms with van der Waals surface area (Å²) in [5.41, 5.74) is 0.736. The summed E-state index contributed by atoms with van der Waals surface area (Å²) < 4.78 is 27.7. The standard InChI is InChI=1S/C15H24N2O4S/c1-11(10-22(5,19)20)16-12-7-6-8-13(9-12)17-14(18)21-15(2,3)4/h6-9,11,16H,10H2,1-5H3,(H,17,18). The van der Waals surface area contributed by atoms with Gasteiger partial charge in [-0.25, -0.2) is 13.2 Å². The first-order chi connectivity index (χ1) is 9.94. The van der Waals surface area contributed by atoms with E-state index in [0.29, 0.717) is 5.69 Å². The molecule has 0 saturated carbocycles. The zero-order chi connectivity index (χ0) is 17.0. The van der Waals surface area contributed by atoms with Crippen LogP contribution in [0.4, 0.5) is 16.2 Å². The zero-order valence-electron chi connectivity index (χ0n) is 13.6. The number of ether oxygens (including phenoxy) is 1. The van der Waals surface area contributed by atoms with Crippen molar-refractivity contribution in [3.05, 3.63) is 24.3 Å². The molecule has 0 bridgehead atoms. The highest BCUT2D eigenvalue weighted by Crippen LogP contribution is 2.17. The van der Waals surface area contributed by atoms with E-state index in [1.54, 1.807) is 52.0 Å². The van der Waals surface area contributed by atoms with Gasteiger partial charge in [0.1, 0.15) is 15.4 Å². The number of nitrogens with one attached hydrogen (secondary N) is 2. The second-order valence-electron chi connectivity index (χ2n) is 6.35. The smallest absolute Gasteiger partial charge is 0.412 e. The van der Waals surface area contributed by atoms with Gasteiger partial charge < -0.3 is 10.1 Å². The molecule has 6 nitrogen and oxygen atoms in total. The van der Waals surface area contributed by atoms with Crippen LogP contribution in [0.2, 0.25) is 0 Å². The Hall–Kier alpha value is -1.76. The van der Waals surface area contributed by atoms with Gasteiger partial charge in [0.15, 0.2) is 0 Å². The summed E-state index contributed by atoms with van der Waals surface area (Å²) in [5.74, 6) is 0.0384. The molecule has 1 unspecified atom stereocenters. The Kier molecular flexibility index (Phi) is 5.82. The van der Waals surface area contributed by atoms with Gasteiger partial charge >= 0.3 is 6.09 Å². The number of hydrogen-bond donors (Lipinski definition) is 2. The van der Waals surface area contributed by atoms with Crippen LogP contribution in [0.5, 0.6) is 0 Å². The maximum absolute atomic E-state index is 11.7. The van der Waals surface area contributed by atoms with E-state index in [1.165, 1.54) is 6.26 Å². The van der Waals surface area contributed by atoms with Crippen LogP contribution in [-0.2, 0) is 14.6 Å². The molecule has 22 heavy (non-hydrogen) atoms. The molecule has 1 amide bonds. The number of rotatable bonds is 5. The Morgan fingerprint density at radius 1 is 1.27 bits per heavy atom. The van der Waals surface area contributed by atoms with E-state index in [4.69, 9.17) is 4.74 Å². The van der Waals surface area contributed by atoms with Gasteiger partial charge in [0.25, 0.3) is 0 Å². The van der Waals surface area contributed by atoms with E-state index in [0.717, 1.165) is 5.69 Å². The molecule has 0 aromatic heterocycles. The van der Waals surface area contributed by atoms with Crippen molar-refractivity contribution in [1.82, 2.24) is 0 Å². The molecular formula is C15H24N2O4S. The Bertz CT molecular complexity index is 621. The highest BCUT2D eigenvalue weighted by molar-refractivity contribution is 7.90. The van der Waals surface area contributed by atoms with Crippen molar-refractivity contribution in [3.8, 4) is 0 Å². The molecule has 1 rings (SSSR count). The first kappa shape index (κ1) is 18.3. The number of sulfone groups is 1. The molecule has 1 aromatic carbocycles. The minimum absolute atomic E-state index is 0.0384. The number of anilines is 2. The summed E-state index contributed by atoms with van der Waals surface area (Å²) in [6.45, 7) is 7.15. The summed E-state index contributed by atoms with van der Waals surface area (Å²) in [5, 5.41) is 5.73. The number of carbonyl (C=O) groups is 1. The Morgan fingerprint density at radius 2 is 1.86 bits per heavy atom. The fourth-order valence-corrected chi connectivity index (χ4v) is 2.88. The Balaban J connectivity index is 2.68. The molecule has 0 aliphatic rings. The number of hydrogen-bond acceptors (Lipinski definition) is 5. The lowest BCUT2D eigenvalue weighted by Crippen LogP contribution is -2.27. The lowest BCUT2D eigenvalue weighted by molar-refractivity contribution is 0.0636. The quantitative estimate of drug-likeness (QED) is 0.868. The minimum atomic E-state index is -3.05. The third-order valence-corrected chi connectivity index (χ3v) is 3.58. The van der Waals surface area contributed by atoms with Crippen LogP contribution in [0.3, 0.4) is 0 Å². The van der Waals surface area contributed by atoms with E-state index >= 15 is 0 Å². The fourth-order valence-electron chi connectivity index (χ4n) is 1.89. The first-order valence-electron chi connectivity index (χ1n) is 6.99. The lowest BCUT2D eigenvalue weighted by Gasteiger charge is -2.20. The van der Waals surface area contributed by atoms with Crippen molar-refractivity contribution in [2.45, 2.75) is 39.3 Å². The first-order valence-corrected chi connectivity index (χ1v) is 9.05. The van der Waals surface area contributed by atoms with Gasteiger partial charge in [0.2, 0.25) is 0 Å². The molecule has 1 atom stereocenters. The summed E-state index contributed by atoms with van der Waals surface area (Å²) in [4.78, 5) is 11.7. The predicted octanol–water partition coefficient (Wildman–Crippen LogP) is 2.88. The van der Waals surface area contributed by atoms with Gasteiger partial charge in [-0.15, -0.1) is 0 Å². The van der Waals surface area contributed by atoms with Gasteiger partial charge in [-0.2, -0.15) is 0 Å². The van der Waals surface area contributed by atoms with Crippen LogP contribution in [-0.4, -0.2) is 38.2 Å². The van der Waals surface area contributed by atoms with Crippen LogP contribution < -0.4 is 10.6 Å². The average Bonchev–Trinajstić information content (AvgIpc) is 2.22. The van der Waals surface area contributed by atoms with Gasteiger partial charge in [-0.05, 0) is 45.9 Å². The van der Waals surface area contributed by atoms with Gasteiger partial charge in [-0.3, -0.25) is 5.32 Å². The van der Waals surface area contributed by atoms with Crippen LogP contribution in [0, 0.1) is 0 Å². The van der Waals surface area contributed by atoms with Crippen molar-refractivity contribution in [2.75, 3.05) is 22.6 Å². The summed E-state index contributed by atoms with van der Waals surface area (Å²) in [6, 6.07) is 6.80. The maximum Gasteiger partial charge on any atom is 0.412 e. The van der Waals surface area contributed by atoms with Gasteiger partial charge in [0, 0.05) is 23.7 Å². The molecule has 2 N–H and O–H groups in total. The minimum Gasteiger partial charge on any atom is -0.444 e. The third kappa shape index (κ3) is 7.87. The SMILES string of the molecule is CC(CS(C)(=O)=O)Nc1cccc(NC(=O)OC(C)(C)C)c1. The van der Waals surface area contributed by atoms with E-state index in [2.05, 4.69) is 10.6 Å². The van der Waals surface area contributed by atoms with Crippen LogP contribution in [0.25, 0.3) is 0 Å². The molecule has 0 radical (unpaired) electrons. The molecule has 1 aromatic rings. The largest absolute Gasteiger partial charge is 0.444 e. The maximum atomic E-state index is 11.7. The molecule has 124 valence electrons. The average molecular weight is 328 g/mol. The summed E-state index contributed by atoms with van der Waals surface area (Å²) in [6.07, 6.45) is 0.667. The topological polar surface area (TPSA) is 84.5 Å². The van der Waals surface area contributed by atoms with E-state index < -0.39 is 21.5 Å². The third-order valence-electron chi connectivity index (χ3n) is 2.47. The Labute approximate surface area is 132 Å². The van der Waals surface area contributed by atoms with Crippen molar-refractivity contribution in [1.29, 1.82) is 0 Å². The van der Waals surface area contributed by atoms with Crippen LogP contribution in [0.1, 0.15) is 27.7 Å². The molecule has 0 spiro atoms. The molecule has 7 heteroatoms. The van der Waals surface area contributed by atoms with Gasteiger partial charge in [0.05, 0.1) is 5.75 Å². The number of carbonyl (C=O) groups excluding carboxylic acids is 1. The normalized spacial score (nSPS) is 13.3. The summed E-state index contributed by atoms with van der Waals surface area (Å²) >= 11 is 0. The second kappa shape index (κ2) is 7.00. The van der Waals surface area contributed by atoms with Crippen molar-refractivity contribution in [3.63, 3.8) is 0 Å². The van der Waals surface area contributed by atoms with E-state index in [9.17, 15) is 13.2 Å². The highest BCUT2D eigenvalue weighted by atomic mass is 32.2. The summed E-state index contributed by atoms with van der Waals surface area (Å²) in [7, 11) is -3.05. The van der Waals surface area contributed by atoms with Crippen molar-refractivity contribution < 1.29 is 17.9 Å². The van der Waals surface area contributed by atoms with Crippen molar-refractivity contribution >= 4 is 27.3 Å². The monoisotopic (exact) mass is 328 g/mol. The molecule has 0 aliphatic heterocycles. The number of amides is 1. The van der Waals surface area contributed by atoms with Gasteiger partial charge in [-0.1, -0.05) is 6.07 Å². The zero-order valence-corrected chi connectivity index (χ0v) is 14.5. The van der Waals surface area contributed by atoms with Crippen LogP contribution in [0.15, 0.2) is 24.3 Å². The fraction of sp³-hybridized carbons (Fsp3) is 0.533. The van der Waals surface area contributed by atoms with Crippen molar-refractivity contribution in [2.24, 2.45) is 0 Å².